The molecule has 0 bridgehead atoms. The lowest BCUT2D eigenvalue weighted by Gasteiger charge is -2.29. The molecule has 1 aromatic rings. The first-order valence-corrected chi connectivity index (χ1v) is 9.15. The Bertz CT molecular complexity index is 733. The van der Waals surface area contributed by atoms with Crippen molar-refractivity contribution in [1.82, 2.24) is 20.1 Å². The van der Waals surface area contributed by atoms with Crippen molar-refractivity contribution in [3.63, 3.8) is 0 Å². The summed E-state index contributed by atoms with van der Waals surface area (Å²) in [5, 5.41) is 17.2. The van der Waals surface area contributed by atoms with E-state index in [1.807, 2.05) is 39.4 Å². The highest BCUT2D eigenvalue weighted by Gasteiger charge is 2.47. The van der Waals surface area contributed by atoms with Crippen molar-refractivity contribution in [2.75, 3.05) is 20.6 Å². The van der Waals surface area contributed by atoms with E-state index in [1.54, 1.807) is 6.92 Å². The molecule has 1 atom stereocenters. The number of hydrogen-bond donors (Lipinski definition) is 2. The number of imide groups is 2. The van der Waals surface area contributed by atoms with Crippen LogP contribution in [0.25, 0.3) is 0 Å². The summed E-state index contributed by atoms with van der Waals surface area (Å²) in [5.74, 6) is -2.89. The monoisotopic (exact) mass is 379 g/mol. The van der Waals surface area contributed by atoms with Gasteiger partial charge in [0.05, 0.1) is 12.5 Å². The van der Waals surface area contributed by atoms with Gasteiger partial charge >= 0.3 is 6.03 Å². The third-order valence-corrected chi connectivity index (χ3v) is 5.12. The van der Waals surface area contributed by atoms with E-state index in [9.17, 15) is 19.6 Å². The van der Waals surface area contributed by atoms with Gasteiger partial charge in [-0.3, -0.25) is 20.2 Å². The molecular formula is C18H29N5O4. The van der Waals surface area contributed by atoms with Gasteiger partial charge in [-0.15, -0.1) is 0 Å². The summed E-state index contributed by atoms with van der Waals surface area (Å²) in [6.07, 6.45) is 0.821. The highest BCUT2D eigenvalue weighted by molar-refractivity contribution is 6.16. The second-order valence-electron chi connectivity index (χ2n) is 7.69. The highest BCUT2D eigenvalue weighted by Crippen LogP contribution is 2.33. The molecule has 1 aliphatic rings. The molecule has 1 saturated heterocycles. The zero-order chi connectivity index (χ0) is 20.5. The van der Waals surface area contributed by atoms with Crippen LogP contribution in [0, 0.1) is 30.9 Å². The lowest BCUT2D eigenvalue weighted by molar-refractivity contribution is -0.622. The molecule has 0 saturated carbocycles. The summed E-state index contributed by atoms with van der Waals surface area (Å²) in [5.41, 5.74) is 1.37. The van der Waals surface area contributed by atoms with Crippen molar-refractivity contribution >= 4 is 17.8 Å². The Hall–Kier alpha value is -2.42. The van der Waals surface area contributed by atoms with Gasteiger partial charge in [0.1, 0.15) is 17.3 Å². The molecule has 1 unspecified atom stereocenters. The standard InChI is InChI=1S/C18H29N5O4/c1-10(2)13(14-15(24)19-18(26)20-16(14)25)17-22(9-7-8-21(5)6)11(3)12(4)23(17)27/h10,13-14H,7-9H2,1-6H3,(H2,19,20,24,25,26). The van der Waals surface area contributed by atoms with E-state index in [4.69, 9.17) is 0 Å². The SMILES string of the molecule is Cc1c(C)[n+]([O-])c(C(C(C)C)C2C(=O)NC(=O)NC2=O)n1CCCN(C)C. The summed E-state index contributed by atoms with van der Waals surface area (Å²) in [6, 6.07) is -0.826. The Balaban J connectivity index is 2.50. The molecule has 1 aromatic heterocycles. The van der Waals surface area contributed by atoms with Gasteiger partial charge in [0, 0.05) is 20.4 Å². The summed E-state index contributed by atoms with van der Waals surface area (Å²) >= 11 is 0. The minimum atomic E-state index is -1.14. The van der Waals surface area contributed by atoms with Crippen molar-refractivity contribution in [3.8, 4) is 0 Å². The number of hydrogen-bond acceptors (Lipinski definition) is 5. The Labute approximate surface area is 159 Å². The molecule has 9 heteroatoms. The van der Waals surface area contributed by atoms with Gasteiger partial charge in [0.25, 0.3) is 5.82 Å². The number of urea groups is 1. The number of imidazole rings is 1. The number of carbonyl (C=O) groups is 3. The maximum Gasteiger partial charge on any atom is 0.328 e. The Morgan fingerprint density at radius 3 is 2.19 bits per heavy atom. The molecule has 150 valence electrons. The zero-order valence-corrected chi connectivity index (χ0v) is 16.8. The fraction of sp³-hybridized carbons (Fsp3) is 0.667. The molecule has 1 fully saturated rings. The zero-order valence-electron chi connectivity index (χ0n) is 16.8. The van der Waals surface area contributed by atoms with Gasteiger partial charge in [0.15, 0.2) is 0 Å². The number of amides is 4. The average Bonchev–Trinajstić information content (AvgIpc) is 2.74. The van der Waals surface area contributed by atoms with E-state index < -0.39 is 29.7 Å². The van der Waals surface area contributed by atoms with Crippen molar-refractivity contribution in [1.29, 1.82) is 0 Å². The fourth-order valence-corrected chi connectivity index (χ4v) is 3.63. The van der Waals surface area contributed by atoms with Crippen LogP contribution in [0.1, 0.15) is 43.4 Å². The summed E-state index contributed by atoms with van der Waals surface area (Å²) in [4.78, 5) is 38.3. The van der Waals surface area contributed by atoms with Gasteiger partial charge in [-0.2, -0.15) is 0 Å². The molecule has 0 aromatic carbocycles. The lowest BCUT2D eigenvalue weighted by Crippen LogP contribution is -2.58. The van der Waals surface area contributed by atoms with E-state index in [1.165, 1.54) is 0 Å². The van der Waals surface area contributed by atoms with Crippen molar-refractivity contribution in [2.24, 2.45) is 11.8 Å². The van der Waals surface area contributed by atoms with E-state index in [0.717, 1.165) is 23.4 Å². The lowest BCUT2D eigenvalue weighted by atomic mass is 9.80. The number of carbonyl (C=O) groups excluding carboxylic acids is 3. The first kappa shape index (κ1) is 20.9. The van der Waals surface area contributed by atoms with Crippen LogP contribution in [0.3, 0.4) is 0 Å². The van der Waals surface area contributed by atoms with Crippen molar-refractivity contribution in [2.45, 2.75) is 46.6 Å². The van der Waals surface area contributed by atoms with Crippen LogP contribution in [0.2, 0.25) is 0 Å². The first-order chi connectivity index (χ1) is 12.6. The van der Waals surface area contributed by atoms with Crippen LogP contribution in [0.15, 0.2) is 0 Å². The summed E-state index contributed by atoms with van der Waals surface area (Å²) in [6.45, 7) is 8.78. The molecule has 2 heterocycles. The van der Waals surface area contributed by atoms with Crippen LogP contribution >= 0.6 is 0 Å². The minimum Gasteiger partial charge on any atom is -0.711 e. The summed E-state index contributed by atoms with van der Waals surface area (Å²) < 4.78 is 2.74. The van der Waals surface area contributed by atoms with Crippen LogP contribution < -0.4 is 15.4 Å². The summed E-state index contributed by atoms with van der Waals surface area (Å²) in [7, 11) is 3.96. The first-order valence-electron chi connectivity index (χ1n) is 9.15. The molecular weight excluding hydrogens is 350 g/mol. The topological polar surface area (TPSA) is 110 Å². The van der Waals surface area contributed by atoms with Crippen LogP contribution in [0.5, 0.6) is 0 Å². The van der Waals surface area contributed by atoms with Crippen LogP contribution in [-0.4, -0.2) is 48.0 Å². The van der Waals surface area contributed by atoms with E-state index in [2.05, 4.69) is 15.5 Å². The average molecular weight is 379 g/mol. The Morgan fingerprint density at radius 1 is 1.15 bits per heavy atom. The molecule has 1 aliphatic heterocycles. The largest absolute Gasteiger partial charge is 0.711 e. The molecule has 2 N–H and O–H groups in total. The normalized spacial score (nSPS) is 16.8. The molecule has 0 aliphatic carbocycles. The molecule has 0 spiro atoms. The van der Waals surface area contributed by atoms with Gasteiger partial charge in [-0.1, -0.05) is 13.8 Å². The number of aromatic nitrogens is 2. The molecule has 4 amide bonds. The molecule has 27 heavy (non-hydrogen) atoms. The van der Waals surface area contributed by atoms with Gasteiger partial charge in [-0.25, -0.2) is 14.1 Å². The van der Waals surface area contributed by atoms with E-state index >= 15 is 0 Å². The highest BCUT2D eigenvalue weighted by atomic mass is 16.5. The number of nitrogens with one attached hydrogen (secondary N) is 2. The van der Waals surface area contributed by atoms with E-state index in [0.29, 0.717) is 18.1 Å². The number of rotatable bonds is 7. The molecule has 0 radical (unpaired) electrons. The van der Waals surface area contributed by atoms with Crippen molar-refractivity contribution < 1.29 is 19.1 Å². The minimum absolute atomic E-state index is 0.166. The predicted molar refractivity (Wildman–Crippen MR) is 98.8 cm³/mol. The van der Waals surface area contributed by atoms with Gasteiger partial charge in [-0.05, 0) is 26.4 Å². The van der Waals surface area contributed by atoms with Gasteiger partial charge < -0.3 is 10.1 Å². The van der Waals surface area contributed by atoms with Gasteiger partial charge in [0.2, 0.25) is 11.8 Å². The maximum absolute atomic E-state index is 12.9. The Morgan fingerprint density at radius 2 is 1.70 bits per heavy atom. The smallest absolute Gasteiger partial charge is 0.328 e. The van der Waals surface area contributed by atoms with E-state index in [-0.39, 0.29) is 5.92 Å². The molecule has 2 rings (SSSR count). The fourth-order valence-electron chi connectivity index (χ4n) is 3.63. The predicted octanol–water partition coefficient (Wildman–Crippen LogP) is 0.412. The molecule has 9 nitrogen and oxygen atoms in total. The number of barbiturate groups is 1. The maximum atomic E-state index is 12.9. The second kappa shape index (κ2) is 8.08. The Kier molecular flexibility index (Phi) is 6.25. The van der Waals surface area contributed by atoms with Crippen LogP contribution in [0.4, 0.5) is 4.79 Å². The third-order valence-electron chi connectivity index (χ3n) is 5.12. The quantitative estimate of drug-likeness (QED) is 0.405. The van der Waals surface area contributed by atoms with Crippen LogP contribution in [-0.2, 0) is 16.1 Å². The number of nitrogens with zero attached hydrogens (tertiary/aromatic N) is 3. The van der Waals surface area contributed by atoms with Crippen molar-refractivity contribution in [3.05, 3.63) is 22.4 Å². The second-order valence-corrected chi connectivity index (χ2v) is 7.69. The third kappa shape index (κ3) is 4.13.